The van der Waals surface area contributed by atoms with Gasteiger partial charge in [0.15, 0.2) is 0 Å². The van der Waals surface area contributed by atoms with E-state index in [2.05, 4.69) is 5.32 Å². The molecule has 4 heteroatoms. The standard InChI is InChI=1S/C9H13NO3/c11-9(12,13)7-10-6-8-4-2-1-3-5-8/h1-5,10-13H,6-7H2. The number of rotatable bonds is 4. The van der Waals surface area contributed by atoms with Crippen molar-refractivity contribution in [1.29, 1.82) is 0 Å². The molecule has 4 nitrogen and oxygen atoms in total. The van der Waals surface area contributed by atoms with Crippen LogP contribution in [-0.2, 0) is 6.54 Å². The second kappa shape index (κ2) is 4.34. The number of aliphatic hydroxyl groups is 3. The first kappa shape index (κ1) is 10.1. The summed E-state index contributed by atoms with van der Waals surface area (Å²) < 4.78 is 0. The van der Waals surface area contributed by atoms with Gasteiger partial charge in [-0.2, -0.15) is 0 Å². The summed E-state index contributed by atoms with van der Waals surface area (Å²) in [5.74, 6) is -2.63. The average molecular weight is 183 g/mol. The Morgan fingerprint density at radius 3 is 2.23 bits per heavy atom. The van der Waals surface area contributed by atoms with E-state index in [1.165, 1.54) is 0 Å². The highest BCUT2D eigenvalue weighted by Gasteiger charge is 2.16. The Balaban J connectivity index is 2.29. The summed E-state index contributed by atoms with van der Waals surface area (Å²) in [5.41, 5.74) is 1.02. The molecule has 0 aliphatic heterocycles. The molecule has 72 valence electrons. The molecule has 0 radical (unpaired) electrons. The topological polar surface area (TPSA) is 72.7 Å². The minimum absolute atomic E-state index is 0.276. The number of hydrogen-bond donors (Lipinski definition) is 4. The average Bonchev–Trinajstić information content (AvgIpc) is 2.04. The Labute approximate surface area is 76.5 Å². The van der Waals surface area contributed by atoms with Crippen LogP contribution in [0.2, 0.25) is 0 Å². The van der Waals surface area contributed by atoms with Crippen LogP contribution < -0.4 is 5.32 Å². The zero-order chi connectivity index (χ0) is 9.73. The molecule has 0 aliphatic rings. The minimum Gasteiger partial charge on any atom is -0.343 e. The first-order valence-corrected chi connectivity index (χ1v) is 4.00. The quantitative estimate of drug-likeness (QED) is 0.471. The van der Waals surface area contributed by atoms with Gasteiger partial charge in [0.05, 0.1) is 6.54 Å². The van der Waals surface area contributed by atoms with E-state index in [0.717, 1.165) is 5.56 Å². The zero-order valence-electron chi connectivity index (χ0n) is 7.14. The maximum Gasteiger partial charge on any atom is 0.288 e. The van der Waals surface area contributed by atoms with Crippen LogP contribution in [0, 0.1) is 0 Å². The predicted octanol–water partition coefficient (Wildman–Crippen LogP) is -0.593. The maximum absolute atomic E-state index is 8.54. The second-order valence-corrected chi connectivity index (χ2v) is 2.86. The fraction of sp³-hybridized carbons (Fsp3) is 0.333. The Hall–Kier alpha value is -0.940. The van der Waals surface area contributed by atoms with E-state index in [0.29, 0.717) is 6.54 Å². The molecule has 0 saturated heterocycles. The molecule has 4 N–H and O–H groups in total. The maximum atomic E-state index is 8.54. The van der Waals surface area contributed by atoms with Crippen LogP contribution in [-0.4, -0.2) is 27.8 Å². The van der Waals surface area contributed by atoms with E-state index >= 15 is 0 Å². The van der Waals surface area contributed by atoms with Crippen molar-refractivity contribution in [2.45, 2.75) is 12.5 Å². The van der Waals surface area contributed by atoms with Crippen LogP contribution in [0.15, 0.2) is 30.3 Å². The van der Waals surface area contributed by atoms with Gasteiger partial charge in [-0.1, -0.05) is 30.3 Å². The van der Waals surface area contributed by atoms with Gasteiger partial charge in [0.2, 0.25) is 0 Å². The first-order valence-electron chi connectivity index (χ1n) is 4.00. The van der Waals surface area contributed by atoms with Gasteiger partial charge in [0, 0.05) is 6.54 Å². The minimum atomic E-state index is -2.63. The molecule has 0 aliphatic carbocycles. The molecule has 0 spiro atoms. The van der Waals surface area contributed by atoms with E-state index < -0.39 is 5.97 Å². The summed E-state index contributed by atoms with van der Waals surface area (Å²) >= 11 is 0. The van der Waals surface area contributed by atoms with Gasteiger partial charge in [-0.25, -0.2) is 0 Å². The Morgan fingerprint density at radius 2 is 1.69 bits per heavy atom. The summed E-state index contributed by atoms with van der Waals surface area (Å²) in [6.07, 6.45) is 0. The molecule has 1 aromatic rings. The fourth-order valence-corrected chi connectivity index (χ4v) is 0.970. The third-order valence-corrected chi connectivity index (χ3v) is 1.53. The van der Waals surface area contributed by atoms with Crippen molar-refractivity contribution >= 4 is 0 Å². The SMILES string of the molecule is OC(O)(O)CNCc1ccccc1. The molecule has 0 amide bonds. The van der Waals surface area contributed by atoms with E-state index in [1.807, 2.05) is 30.3 Å². The largest absolute Gasteiger partial charge is 0.343 e. The molecule has 0 saturated carbocycles. The molecule has 13 heavy (non-hydrogen) atoms. The van der Waals surface area contributed by atoms with Crippen molar-refractivity contribution in [3.63, 3.8) is 0 Å². The van der Waals surface area contributed by atoms with Gasteiger partial charge < -0.3 is 20.6 Å². The molecular weight excluding hydrogens is 170 g/mol. The third-order valence-electron chi connectivity index (χ3n) is 1.53. The Bertz CT molecular complexity index is 243. The van der Waals surface area contributed by atoms with E-state index in [1.54, 1.807) is 0 Å². The van der Waals surface area contributed by atoms with E-state index in [4.69, 9.17) is 15.3 Å². The van der Waals surface area contributed by atoms with E-state index in [-0.39, 0.29) is 6.54 Å². The van der Waals surface area contributed by atoms with Crippen LogP contribution in [0.5, 0.6) is 0 Å². The molecular formula is C9H13NO3. The highest BCUT2D eigenvalue weighted by atomic mass is 16.7. The van der Waals surface area contributed by atoms with Crippen LogP contribution in [0.25, 0.3) is 0 Å². The molecule has 0 aromatic heterocycles. The van der Waals surface area contributed by atoms with Crippen molar-refractivity contribution < 1.29 is 15.3 Å². The molecule has 0 atom stereocenters. The van der Waals surface area contributed by atoms with Crippen molar-refractivity contribution in [2.75, 3.05) is 6.54 Å². The number of hydrogen-bond acceptors (Lipinski definition) is 4. The van der Waals surface area contributed by atoms with Crippen LogP contribution >= 0.6 is 0 Å². The summed E-state index contributed by atoms with van der Waals surface area (Å²) in [6, 6.07) is 9.49. The number of benzene rings is 1. The van der Waals surface area contributed by atoms with Gasteiger partial charge in [0.1, 0.15) is 0 Å². The lowest BCUT2D eigenvalue weighted by atomic mass is 10.2. The van der Waals surface area contributed by atoms with Crippen LogP contribution in [0.4, 0.5) is 0 Å². The molecule has 0 heterocycles. The third kappa shape index (κ3) is 4.59. The molecule has 0 fully saturated rings. The molecule has 0 unspecified atom stereocenters. The molecule has 1 rings (SSSR count). The van der Waals surface area contributed by atoms with Crippen molar-refractivity contribution in [1.82, 2.24) is 5.32 Å². The second-order valence-electron chi connectivity index (χ2n) is 2.86. The summed E-state index contributed by atoms with van der Waals surface area (Å²) in [4.78, 5) is 0. The predicted molar refractivity (Wildman–Crippen MR) is 47.5 cm³/mol. The van der Waals surface area contributed by atoms with Crippen molar-refractivity contribution in [3.8, 4) is 0 Å². The highest BCUT2D eigenvalue weighted by molar-refractivity contribution is 5.14. The van der Waals surface area contributed by atoms with Crippen LogP contribution in [0.1, 0.15) is 5.56 Å². The monoisotopic (exact) mass is 183 g/mol. The van der Waals surface area contributed by atoms with Crippen molar-refractivity contribution in [2.24, 2.45) is 0 Å². The first-order chi connectivity index (χ1) is 6.08. The lowest BCUT2D eigenvalue weighted by molar-refractivity contribution is -0.306. The van der Waals surface area contributed by atoms with Gasteiger partial charge in [0.25, 0.3) is 5.97 Å². The molecule has 0 bridgehead atoms. The van der Waals surface area contributed by atoms with Gasteiger partial charge >= 0.3 is 0 Å². The van der Waals surface area contributed by atoms with Gasteiger partial charge in [-0.05, 0) is 5.56 Å². The van der Waals surface area contributed by atoms with Crippen LogP contribution in [0.3, 0.4) is 0 Å². The van der Waals surface area contributed by atoms with E-state index in [9.17, 15) is 0 Å². The summed E-state index contributed by atoms with van der Waals surface area (Å²) in [6.45, 7) is 0.214. The lowest BCUT2D eigenvalue weighted by Crippen LogP contribution is -2.39. The number of nitrogens with one attached hydrogen (secondary N) is 1. The smallest absolute Gasteiger partial charge is 0.288 e. The summed E-state index contributed by atoms with van der Waals surface area (Å²) in [7, 11) is 0. The van der Waals surface area contributed by atoms with Gasteiger partial charge in [-0.3, -0.25) is 0 Å². The Kier molecular flexibility index (Phi) is 3.39. The zero-order valence-corrected chi connectivity index (χ0v) is 7.14. The van der Waals surface area contributed by atoms with Gasteiger partial charge in [-0.15, -0.1) is 0 Å². The lowest BCUT2D eigenvalue weighted by Gasteiger charge is -2.14. The Morgan fingerprint density at radius 1 is 1.08 bits per heavy atom. The molecule has 1 aromatic carbocycles. The fourth-order valence-electron chi connectivity index (χ4n) is 0.970. The van der Waals surface area contributed by atoms with Crippen molar-refractivity contribution in [3.05, 3.63) is 35.9 Å². The summed E-state index contributed by atoms with van der Waals surface area (Å²) in [5, 5.41) is 28.3. The normalized spacial score (nSPS) is 11.6. The highest BCUT2D eigenvalue weighted by Crippen LogP contribution is 1.97.